The fourth-order valence-electron chi connectivity index (χ4n) is 3.02. The van der Waals surface area contributed by atoms with Crippen molar-refractivity contribution in [3.8, 4) is 0 Å². The van der Waals surface area contributed by atoms with E-state index in [4.69, 9.17) is 0 Å². The second-order valence-corrected chi connectivity index (χ2v) is 8.33. The van der Waals surface area contributed by atoms with Crippen molar-refractivity contribution in [2.24, 2.45) is 0 Å². The lowest BCUT2D eigenvalue weighted by Crippen LogP contribution is -2.30. The molecule has 1 aliphatic heterocycles. The van der Waals surface area contributed by atoms with Crippen LogP contribution in [-0.2, 0) is 9.84 Å². The first-order chi connectivity index (χ1) is 13.9. The van der Waals surface area contributed by atoms with Crippen LogP contribution < -0.4 is 15.5 Å². The molecule has 2 aromatic rings. The quantitative estimate of drug-likeness (QED) is 0.623. The molecule has 1 aromatic heterocycles. The molecule has 1 aliphatic rings. The Bertz CT molecular complexity index is 965. The van der Waals surface area contributed by atoms with E-state index in [0.29, 0.717) is 12.4 Å². The second kappa shape index (κ2) is 9.12. The summed E-state index contributed by atoms with van der Waals surface area (Å²) in [4.78, 5) is 22.1. The molecule has 0 bridgehead atoms. The molecule has 2 N–H and O–H groups in total. The van der Waals surface area contributed by atoms with Gasteiger partial charge in [-0.25, -0.2) is 18.4 Å². The number of aromatic nitrogens is 2. The minimum absolute atomic E-state index is 0.144. The van der Waals surface area contributed by atoms with Crippen LogP contribution in [0.15, 0.2) is 41.6 Å². The SMILES string of the molecule is O=C(NCCNc1cc(N2CCCC2)ncn1)c1ccccc1S(=O)(=O)C(F)F. The van der Waals surface area contributed by atoms with Crippen LogP contribution in [0, 0.1) is 0 Å². The zero-order valence-electron chi connectivity index (χ0n) is 15.5. The van der Waals surface area contributed by atoms with Crippen molar-refractivity contribution in [2.45, 2.75) is 23.5 Å². The Hall–Kier alpha value is -2.82. The van der Waals surface area contributed by atoms with E-state index in [9.17, 15) is 22.0 Å². The lowest BCUT2D eigenvalue weighted by Gasteiger charge is -2.16. The van der Waals surface area contributed by atoms with Gasteiger partial charge in [-0.05, 0) is 25.0 Å². The predicted octanol–water partition coefficient (Wildman–Crippen LogP) is 1.91. The molecule has 0 aliphatic carbocycles. The van der Waals surface area contributed by atoms with Gasteiger partial charge in [-0.2, -0.15) is 8.78 Å². The number of rotatable bonds is 8. The third-order valence-electron chi connectivity index (χ3n) is 4.47. The molecule has 1 saturated heterocycles. The molecule has 0 atom stereocenters. The summed E-state index contributed by atoms with van der Waals surface area (Å²) in [7, 11) is -4.87. The number of hydrogen-bond acceptors (Lipinski definition) is 7. The lowest BCUT2D eigenvalue weighted by molar-refractivity contribution is 0.0951. The molecular weight excluding hydrogens is 404 g/mol. The Morgan fingerprint density at radius 3 is 2.59 bits per heavy atom. The third kappa shape index (κ3) is 4.97. The van der Waals surface area contributed by atoms with E-state index < -0.39 is 26.4 Å². The molecular formula is C18H21F2N5O3S. The molecule has 156 valence electrons. The Morgan fingerprint density at radius 1 is 1.14 bits per heavy atom. The van der Waals surface area contributed by atoms with Crippen molar-refractivity contribution in [1.82, 2.24) is 15.3 Å². The second-order valence-electron chi connectivity index (χ2n) is 6.44. The lowest BCUT2D eigenvalue weighted by atomic mass is 10.2. The predicted molar refractivity (Wildman–Crippen MR) is 104 cm³/mol. The number of halogens is 2. The van der Waals surface area contributed by atoms with Crippen LogP contribution in [0.3, 0.4) is 0 Å². The molecule has 2 heterocycles. The standard InChI is InChI=1S/C18H21F2N5O3S/c19-18(20)29(27,28)14-6-2-1-5-13(14)17(26)22-8-7-21-15-11-16(24-12-23-15)25-9-3-4-10-25/h1-2,5-6,11-12,18H,3-4,7-10H2,(H,22,26)(H,21,23,24). The van der Waals surface area contributed by atoms with Gasteiger partial charge in [0.15, 0.2) is 0 Å². The number of amides is 1. The Labute approximate surface area is 167 Å². The van der Waals surface area contributed by atoms with Gasteiger partial charge in [-0.1, -0.05) is 12.1 Å². The molecule has 0 unspecified atom stereocenters. The van der Waals surface area contributed by atoms with Gasteiger partial charge in [0.25, 0.3) is 5.91 Å². The van der Waals surface area contributed by atoms with E-state index in [2.05, 4.69) is 25.5 Å². The first kappa shape index (κ1) is 20.9. The number of hydrogen-bond donors (Lipinski definition) is 2. The van der Waals surface area contributed by atoms with Crippen molar-refractivity contribution in [2.75, 3.05) is 36.4 Å². The van der Waals surface area contributed by atoms with Crippen LogP contribution in [0.1, 0.15) is 23.2 Å². The summed E-state index contributed by atoms with van der Waals surface area (Å²) >= 11 is 0. The molecule has 3 rings (SSSR count). The first-order valence-electron chi connectivity index (χ1n) is 9.10. The number of nitrogens with zero attached hydrogens (tertiary/aromatic N) is 3. The maximum atomic E-state index is 12.8. The van der Waals surface area contributed by atoms with Crippen molar-refractivity contribution in [3.05, 3.63) is 42.2 Å². The van der Waals surface area contributed by atoms with Crippen molar-refractivity contribution in [3.63, 3.8) is 0 Å². The van der Waals surface area contributed by atoms with Gasteiger partial charge in [0, 0.05) is 32.2 Å². The van der Waals surface area contributed by atoms with Crippen molar-refractivity contribution in [1.29, 1.82) is 0 Å². The monoisotopic (exact) mass is 425 g/mol. The minimum atomic E-state index is -4.87. The summed E-state index contributed by atoms with van der Waals surface area (Å²) in [5, 5.41) is 5.57. The van der Waals surface area contributed by atoms with Gasteiger partial charge in [0.2, 0.25) is 9.84 Å². The van der Waals surface area contributed by atoms with E-state index in [1.807, 2.05) is 6.07 Å². The Kier molecular flexibility index (Phi) is 6.57. The molecule has 8 nitrogen and oxygen atoms in total. The molecule has 0 radical (unpaired) electrons. The molecule has 11 heteroatoms. The summed E-state index contributed by atoms with van der Waals surface area (Å²) < 4.78 is 49.2. The van der Waals surface area contributed by atoms with Crippen LogP contribution in [0.25, 0.3) is 0 Å². The zero-order chi connectivity index (χ0) is 20.9. The van der Waals surface area contributed by atoms with Gasteiger partial charge < -0.3 is 15.5 Å². The highest BCUT2D eigenvalue weighted by atomic mass is 32.2. The smallest absolute Gasteiger partial charge is 0.341 e. The molecule has 1 amide bonds. The average molecular weight is 425 g/mol. The highest BCUT2D eigenvalue weighted by Gasteiger charge is 2.30. The van der Waals surface area contributed by atoms with Gasteiger partial charge >= 0.3 is 5.76 Å². The van der Waals surface area contributed by atoms with E-state index in [0.717, 1.165) is 37.8 Å². The average Bonchev–Trinajstić information content (AvgIpc) is 3.26. The number of carbonyl (C=O) groups excluding carboxylic acids is 1. The summed E-state index contributed by atoms with van der Waals surface area (Å²) in [5.41, 5.74) is -0.314. The maximum Gasteiger partial charge on any atom is 0.341 e. The number of alkyl halides is 2. The molecule has 1 fully saturated rings. The number of benzene rings is 1. The van der Waals surface area contributed by atoms with Crippen LogP contribution in [0.4, 0.5) is 20.4 Å². The summed E-state index contributed by atoms with van der Waals surface area (Å²) in [6, 6.07) is 6.72. The van der Waals surface area contributed by atoms with E-state index in [1.165, 1.54) is 24.5 Å². The molecule has 0 spiro atoms. The van der Waals surface area contributed by atoms with Crippen LogP contribution >= 0.6 is 0 Å². The number of sulfone groups is 1. The minimum Gasteiger partial charge on any atom is -0.368 e. The molecule has 1 aromatic carbocycles. The first-order valence-corrected chi connectivity index (χ1v) is 10.6. The van der Waals surface area contributed by atoms with E-state index in [-0.39, 0.29) is 12.1 Å². The number of carbonyl (C=O) groups is 1. The van der Waals surface area contributed by atoms with Crippen LogP contribution in [0.5, 0.6) is 0 Å². The highest BCUT2D eigenvalue weighted by Crippen LogP contribution is 2.22. The zero-order valence-corrected chi connectivity index (χ0v) is 16.3. The summed E-state index contributed by atoms with van der Waals surface area (Å²) in [5.74, 6) is -2.92. The van der Waals surface area contributed by atoms with Crippen molar-refractivity contribution < 1.29 is 22.0 Å². The Morgan fingerprint density at radius 2 is 1.86 bits per heavy atom. The largest absolute Gasteiger partial charge is 0.368 e. The fourth-order valence-corrected chi connectivity index (χ4v) is 3.95. The number of nitrogens with one attached hydrogen (secondary N) is 2. The topological polar surface area (TPSA) is 104 Å². The molecule has 0 saturated carbocycles. The normalized spacial score (nSPS) is 14.2. The van der Waals surface area contributed by atoms with Gasteiger partial charge in [-0.15, -0.1) is 0 Å². The summed E-state index contributed by atoms with van der Waals surface area (Å²) in [6.45, 7) is 2.36. The number of anilines is 2. The van der Waals surface area contributed by atoms with E-state index in [1.54, 1.807) is 0 Å². The van der Waals surface area contributed by atoms with Crippen LogP contribution in [0.2, 0.25) is 0 Å². The Balaban J connectivity index is 1.57. The molecule has 29 heavy (non-hydrogen) atoms. The highest BCUT2D eigenvalue weighted by molar-refractivity contribution is 7.91. The van der Waals surface area contributed by atoms with Gasteiger partial charge in [0.05, 0.1) is 10.5 Å². The van der Waals surface area contributed by atoms with Crippen LogP contribution in [-0.4, -0.2) is 56.2 Å². The summed E-state index contributed by atoms with van der Waals surface area (Å²) in [6.07, 6.45) is 3.71. The van der Waals surface area contributed by atoms with Crippen molar-refractivity contribution >= 4 is 27.4 Å². The van der Waals surface area contributed by atoms with Gasteiger partial charge in [-0.3, -0.25) is 4.79 Å². The third-order valence-corrected chi connectivity index (χ3v) is 5.91. The van der Waals surface area contributed by atoms with Gasteiger partial charge in [0.1, 0.15) is 18.0 Å². The maximum absolute atomic E-state index is 12.8. The van der Waals surface area contributed by atoms with E-state index >= 15 is 0 Å². The fraction of sp³-hybridized carbons (Fsp3) is 0.389.